The van der Waals surface area contributed by atoms with Crippen molar-refractivity contribution < 1.29 is 9.90 Å². The third-order valence-corrected chi connectivity index (χ3v) is 3.61. The molecule has 3 heteroatoms. The van der Waals surface area contributed by atoms with Crippen molar-refractivity contribution in [2.45, 2.75) is 64.9 Å². The lowest BCUT2D eigenvalue weighted by Gasteiger charge is -2.38. The fourth-order valence-electron chi connectivity index (χ4n) is 2.75. The minimum absolute atomic E-state index is 0.166. The molecule has 17 heavy (non-hydrogen) atoms. The molecule has 0 bridgehead atoms. The second kappa shape index (κ2) is 6.39. The largest absolute Gasteiger partial charge is 0.388 e. The summed E-state index contributed by atoms with van der Waals surface area (Å²) in [7, 11) is 0. The van der Waals surface area contributed by atoms with E-state index < -0.39 is 5.60 Å². The van der Waals surface area contributed by atoms with Gasteiger partial charge in [0.1, 0.15) is 0 Å². The molecule has 1 rings (SSSR count). The van der Waals surface area contributed by atoms with Crippen LogP contribution in [0.4, 0.5) is 0 Å². The molecule has 3 nitrogen and oxygen atoms in total. The molecule has 0 radical (unpaired) electrons. The van der Waals surface area contributed by atoms with Gasteiger partial charge in [-0.3, -0.25) is 4.79 Å². The molecular weight excluding hydrogens is 214 g/mol. The number of carbonyl (C=O) groups is 1. The quantitative estimate of drug-likeness (QED) is 0.803. The molecule has 1 unspecified atom stereocenters. The lowest BCUT2D eigenvalue weighted by Crippen LogP contribution is -2.50. The summed E-state index contributed by atoms with van der Waals surface area (Å²) in [5, 5.41) is 10.0. The first-order valence-corrected chi connectivity index (χ1v) is 7.01. The highest BCUT2D eigenvalue weighted by Gasteiger charge is 2.33. The van der Waals surface area contributed by atoms with Gasteiger partial charge in [-0.25, -0.2) is 0 Å². The highest BCUT2D eigenvalue weighted by atomic mass is 16.3. The minimum Gasteiger partial charge on any atom is -0.388 e. The standard InChI is InChI=1S/C14H27NO2/c1-4-7-12(8-5-2)13(16)15-10-6-9-14(3,17)11-15/h12,17H,4-11H2,1-3H3. The van der Waals surface area contributed by atoms with E-state index in [4.69, 9.17) is 0 Å². The van der Waals surface area contributed by atoms with Gasteiger partial charge in [-0.1, -0.05) is 26.7 Å². The van der Waals surface area contributed by atoms with E-state index in [2.05, 4.69) is 13.8 Å². The third-order valence-electron chi connectivity index (χ3n) is 3.61. The average Bonchev–Trinajstić information content (AvgIpc) is 2.26. The summed E-state index contributed by atoms with van der Waals surface area (Å²) in [5.74, 6) is 0.424. The van der Waals surface area contributed by atoms with Crippen molar-refractivity contribution in [1.29, 1.82) is 0 Å². The lowest BCUT2D eigenvalue weighted by atomic mass is 9.91. The van der Waals surface area contributed by atoms with Crippen LogP contribution >= 0.6 is 0 Å². The molecule has 1 saturated heterocycles. The van der Waals surface area contributed by atoms with Crippen LogP contribution in [-0.4, -0.2) is 34.6 Å². The maximum absolute atomic E-state index is 12.4. The van der Waals surface area contributed by atoms with Crippen LogP contribution in [0.1, 0.15) is 59.3 Å². The van der Waals surface area contributed by atoms with E-state index >= 15 is 0 Å². The van der Waals surface area contributed by atoms with Crippen LogP contribution in [0.2, 0.25) is 0 Å². The van der Waals surface area contributed by atoms with Crippen LogP contribution in [0, 0.1) is 5.92 Å². The smallest absolute Gasteiger partial charge is 0.225 e. The Labute approximate surface area is 105 Å². The van der Waals surface area contributed by atoms with E-state index in [0.29, 0.717) is 6.54 Å². The average molecular weight is 241 g/mol. The summed E-state index contributed by atoms with van der Waals surface area (Å²) in [6, 6.07) is 0. The molecule has 100 valence electrons. The van der Waals surface area contributed by atoms with E-state index in [1.807, 2.05) is 11.8 Å². The van der Waals surface area contributed by atoms with Gasteiger partial charge >= 0.3 is 0 Å². The Bertz CT molecular complexity index is 245. The van der Waals surface area contributed by atoms with Crippen molar-refractivity contribution in [3.8, 4) is 0 Å². The van der Waals surface area contributed by atoms with Crippen molar-refractivity contribution in [2.24, 2.45) is 5.92 Å². The Morgan fingerprint density at radius 3 is 2.41 bits per heavy atom. The highest BCUT2D eigenvalue weighted by Crippen LogP contribution is 2.24. The summed E-state index contributed by atoms with van der Waals surface area (Å²) in [5.41, 5.74) is -0.684. The predicted octanol–water partition coefficient (Wildman–Crippen LogP) is 2.58. The van der Waals surface area contributed by atoms with Crippen molar-refractivity contribution in [1.82, 2.24) is 4.90 Å². The van der Waals surface area contributed by atoms with E-state index in [1.165, 1.54) is 0 Å². The number of hydrogen-bond acceptors (Lipinski definition) is 2. The van der Waals surface area contributed by atoms with Crippen LogP contribution in [0.25, 0.3) is 0 Å². The number of nitrogens with zero attached hydrogens (tertiary/aromatic N) is 1. The van der Waals surface area contributed by atoms with Crippen LogP contribution in [0.5, 0.6) is 0 Å². The van der Waals surface area contributed by atoms with Gasteiger partial charge in [0.05, 0.1) is 5.60 Å². The molecule has 1 aliphatic rings. The maximum atomic E-state index is 12.4. The highest BCUT2D eigenvalue weighted by molar-refractivity contribution is 5.79. The Morgan fingerprint density at radius 1 is 1.35 bits per heavy atom. The zero-order valence-electron chi connectivity index (χ0n) is 11.5. The number of piperidine rings is 1. The number of hydrogen-bond donors (Lipinski definition) is 1. The molecule has 0 aliphatic carbocycles. The van der Waals surface area contributed by atoms with Crippen molar-refractivity contribution in [3.63, 3.8) is 0 Å². The topological polar surface area (TPSA) is 40.5 Å². The van der Waals surface area contributed by atoms with E-state index in [0.717, 1.165) is 45.1 Å². The van der Waals surface area contributed by atoms with E-state index in [-0.39, 0.29) is 11.8 Å². The zero-order valence-corrected chi connectivity index (χ0v) is 11.5. The van der Waals surface area contributed by atoms with Gasteiger partial charge < -0.3 is 10.0 Å². The molecule has 0 saturated carbocycles. The van der Waals surface area contributed by atoms with Gasteiger partial charge in [0.2, 0.25) is 5.91 Å². The van der Waals surface area contributed by atoms with Gasteiger partial charge in [-0.2, -0.15) is 0 Å². The Morgan fingerprint density at radius 2 is 1.94 bits per heavy atom. The van der Waals surface area contributed by atoms with E-state index in [9.17, 15) is 9.90 Å². The first-order chi connectivity index (χ1) is 8.00. The van der Waals surface area contributed by atoms with Gasteiger partial charge in [0.15, 0.2) is 0 Å². The Balaban J connectivity index is 2.59. The van der Waals surface area contributed by atoms with Gasteiger partial charge in [-0.05, 0) is 32.6 Å². The molecule has 0 aromatic heterocycles. The number of β-amino-alcohol motifs (C(OH)–C–C–N with tert-alkyl or cyclic N) is 1. The second-order valence-electron chi connectivity index (χ2n) is 5.63. The lowest BCUT2D eigenvalue weighted by molar-refractivity contribution is -0.142. The summed E-state index contributed by atoms with van der Waals surface area (Å²) < 4.78 is 0. The summed E-state index contributed by atoms with van der Waals surface area (Å²) in [4.78, 5) is 14.3. The van der Waals surface area contributed by atoms with E-state index in [1.54, 1.807) is 0 Å². The molecule has 1 N–H and O–H groups in total. The van der Waals surface area contributed by atoms with Gasteiger partial charge in [0.25, 0.3) is 0 Å². The fraction of sp³-hybridized carbons (Fsp3) is 0.929. The number of amides is 1. The number of aliphatic hydroxyl groups is 1. The summed E-state index contributed by atoms with van der Waals surface area (Å²) >= 11 is 0. The van der Waals surface area contributed by atoms with Crippen LogP contribution in [-0.2, 0) is 4.79 Å². The number of rotatable bonds is 5. The molecule has 1 fully saturated rings. The fourth-order valence-corrected chi connectivity index (χ4v) is 2.75. The van der Waals surface area contributed by atoms with Crippen molar-refractivity contribution >= 4 is 5.91 Å². The second-order valence-corrected chi connectivity index (χ2v) is 5.63. The molecule has 0 aromatic rings. The predicted molar refractivity (Wildman–Crippen MR) is 69.7 cm³/mol. The minimum atomic E-state index is -0.684. The van der Waals surface area contributed by atoms with Gasteiger partial charge in [0, 0.05) is 19.0 Å². The third kappa shape index (κ3) is 4.30. The number of likely N-dealkylation sites (tertiary alicyclic amines) is 1. The monoisotopic (exact) mass is 241 g/mol. The van der Waals surface area contributed by atoms with Crippen molar-refractivity contribution in [2.75, 3.05) is 13.1 Å². The SMILES string of the molecule is CCCC(CCC)C(=O)N1CCCC(C)(O)C1. The normalized spacial score (nSPS) is 25.4. The van der Waals surface area contributed by atoms with Crippen LogP contribution < -0.4 is 0 Å². The molecule has 1 heterocycles. The zero-order chi connectivity index (χ0) is 12.9. The molecule has 1 atom stereocenters. The Kier molecular flexibility index (Phi) is 5.44. The summed E-state index contributed by atoms with van der Waals surface area (Å²) in [6.45, 7) is 7.42. The van der Waals surface area contributed by atoms with Crippen molar-refractivity contribution in [3.05, 3.63) is 0 Å². The molecule has 0 aromatic carbocycles. The van der Waals surface area contributed by atoms with Crippen LogP contribution in [0.15, 0.2) is 0 Å². The molecule has 1 aliphatic heterocycles. The molecule has 1 amide bonds. The maximum Gasteiger partial charge on any atom is 0.225 e. The first kappa shape index (κ1) is 14.5. The number of carbonyl (C=O) groups excluding carboxylic acids is 1. The molecular formula is C14H27NO2. The summed E-state index contributed by atoms with van der Waals surface area (Å²) in [6.07, 6.45) is 5.80. The van der Waals surface area contributed by atoms with Gasteiger partial charge in [-0.15, -0.1) is 0 Å². The van der Waals surface area contributed by atoms with Crippen LogP contribution in [0.3, 0.4) is 0 Å². The first-order valence-electron chi connectivity index (χ1n) is 7.01. The molecule has 0 spiro atoms. The Hall–Kier alpha value is -0.570.